The predicted octanol–water partition coefficient (Wildman–Crippen LogP) is 20.9. The van der Waals surface area contributed by atoms with Crippen LogP contribution in [0.1, 0.15) is 164 Å². The van der Waals surface area contributed by atoms with Crippen molar-refractivity contribution in [3.05, 3.63) is 214 Å². The molecule has 3 aromatic heterocycles. The number of nitrogens with zero attached hydrogens (tertiary/aromatic N) is 3. The molecule has 2 saturated carbocycles. The van der Waals surface area contributed by atoms with E-state index >= 15 is 18.2 Å². The first kappa shape index (κ1) is 76.3. The smallest absolute Gasteiger partial charge is 0.462 e. The van der Waals surface area contributed by atoms with Crippen LogP contribution in [0.15, 0.2) is 145 Å². The summed E-state index contributed by atoms with van der Waals surface area (Å²) in [6.07, 6.45) is -14.0. The minimum absolute atomic E-state index is 0.0180. The second-order valence-corrected chi connectivity index (χ2v) is 28.0. The number of alkyl halides is 12. The number of hydrogen-bond acceptors (Lipinski definition) is 10. The molecule has 0 spiro atoms. The number of aliphatic imine (C=N–C) groups is 1. The van der Waals surface area contributed by atoms with E-state index in [0.717, 1.165) is 80.8 Å². The van der Waals surface area contributed by atoms with Crippen molar-refractivity contribution in [2.75, 3.05) is 13.2 Å². The molecular weight excluding hydrogens is 1440 g/mol. The van der Waals surface area contributed by atoms with Gasteiger partial charge in [0.05, 0.1) is 52.2 Å². The zero-order chi connectivity index (χ0) is 77.5. The average Bonchev–Trinajstić information content (AvgIpc) is 0.855. The second-order valence-electron chi connectivity index (χ2n) is 28.0. The number of hydrogen-bond donors (Lipinski definition) is 1. The first-order valence-corrected chi connectivity index (χ1v) is 35.4. The van der Waals surface area contributed by atoms with Crippen molar-refractivity contribution < 1.29 is 94.6 Å². The molecule has 0 saturated heterocycles. The molecule has 564 valence electrons. The number of allylic oxidation sites excluding steroid dienone is 1. The van der Waals surface area contributed by atoms with Crippen molar-refractivity contribution in [3.8, 4) is 33.7 Å². The lowest BCUT2D eigenvalue weighted by atomic mass is 9.77. The maximum atomic E-state index is 16.2. The van der Waals surface area contributed by atoms with Crippen molar-refractivity contribution in [2.24, 2.45) is 16.8 Å². The average molecular weight is 1510 g/mol. The van der Waals surface area contributed by atoms with Crippen LogP contribution in [0.25, 0.3) is 77.0 Å². The molecule has 1 atom stereocenters. The van der Waals surface area contributed by atoms with Crippen molar-refractivity contribution in [3.63, 3.8) is 0 Å². The van der Waals surface area contributed by atoms with Gasteiger partial charge in [-0.05, 0) is 195 Å². The number of rotatable bonds is 18. The largest absolute Gasteiger partial charge is 0.677 e. The van der Waals surface area contributed by atoms with E-state index in [1.165, 1.54) is 55.5 Å². The van der Waals surface area contributed by atoms with Crippen LogP contribution in [-0.4, -0.2) is 58.7 Å². The number of para-hydroxylation sites is 1. The van der Waals surface area contributed by atoms with E-state index in [1.807, 2.05) is 0 Å². The van der Waals surface area contributed by atoms with Crippen molar-refractivity contribution >= 4 is 74.1 Å². The highest BCUT2D eigenvalue weighted by atomic mass is 19.4. The van der Waals surface area contributed by atoms with Gasteiger partial charge in [0, 0.05) is 72.7 Å². The third kappa shape index (κ3) is 14.5. The number of halogens is 14. The van der Waals surface area contributed by atoms with Gasteiger partial charge in [-0.1, -0.05) is 94.5 Å². The number of fused-ring (bicyclic) bond motifs is 2. The van der Waals surface area contributed by atoms with Crippen molar-refractivity contribution in [1.29, 1.82) is 0 Å². The molecule has 1 N–H and O–H groups in total. The number of aliphatic hydroxyl groups excluding tert-OH is 1. The molecule has 0 bridgehead atoms. The van der Waals surface area contributed by atoms with Crippen LogP contribution >= 0.6 is 0 Å². The van der Waals surface area contributed by atoms with Crippen LogP contribution in [0.3, 0.4) is 0 Å². The third-order valence-corrected chi connectivity index (χ3v) is 21.0. The van der Waals surface area contributed by atoms with Crippen LogP contribution in [0, 0.1) is 25.7 Å². The summed E-state index contributed by atoms with van der Waals surface area (Å²) in [6.45, 7) is 9.76. The van der Waals surface area contributed by atoms with Gasteiger partial charge in [-0.3, -0.25) is 28.0 Å². The number of aromatic nitrogens is 2. The number of carbonyl (C=O) groups is 2. The number of esters is 2. The highest BCUT2D eigenvalue weighted by molar-refractivity contribution is 6.42. The second kappa shape index (κ2) is 29.3. The van der Waals surface area contributed by atoms with E-state index in [0.29, 0.717) is 75.2 Å². The summed E-state index contributed by atoms with van der Waals surface area (Å²) in [4.78, 5) is 64.5. The molecule has 3 aliphatic rings. The Kier molecular flexibility index (Phi) is 20.7. The van der Waals surface area contributed by atoms with Gasteiger partial charge < -0.3 is 28.2 Å². The maximum Gasteiger partial charge on any atom is 0.677 e. The minimum atomic E-state index is -5.43. The Labute approximate surface area is 608 Å². The van der Waals surface area contributed by atoms with E-state index in [2.05, 4.69) is 0 Å². The molecule has 1 unspecified atom stereocenters. The lowest BCUT2D eigenvalue weighted by Gasteiger charge is -2.29. The summed E-state index contributed by atoms with van der Waals surface area (Å²) >= 11 is 0. The molecule has 13 rings (SSSR count). The molecule has 4 heterocycles. The monoisotopic (exact) mass is 1510 g/mol. The predicted molar refractivity (Wildman–Crippen MR) is 382 cm³/mol. The van der Waals surface area contributed by atoms with E-state index in [9.17, 15) is 67.4 Å². The van der Waals surface area contributed by atoms with E-state index in [4.69, 9.17) is 23.6 Å². The van der Waals surface area contributed by atoms with Gasteiger partial charge >= 0.3 is 44.0 Å². The van der Waals surface area contributed by atoms with E-state index in [-0.39, 0.29) is 110 Å². The van der Waals surface area contributed by atoms with Crippen LogP contribution in [0.5, 0.6) is 5.75 Å². The van der Waals surface area contributed by atoms with Gasteiger partial charge in [-0.2, -0.15) is 52.7 Å². The van der Waals surface area contributed by atoms with Gasteiger partial charge in [0.2, 0.25) is 0 Å². The lowest BCUT2D eigenvalue weighted by molar-refractivity contribution is -0.144. The Balaban J connectivity index is 0.976. The Hall–Kier alpha value is -9.89. The summed E-state index contributed by atoms with van der Waals surface area (Å²) in [7, 11) is -3.20. The molecule has 12 nitrogen and oxygen atoms in total. The molecule has 0 radical (unpaired) electrons. The summed E-state index contributed by atoms with van der Waals surface area (Å²) < 4.78 is 234. The highest BCUT2D eigenvalue weighted by Gasteiger charge is 2.42. The van der Waals surface area contributed by atoms with Crippen molar-refractivity contribution in [2.45, 2.75) is 156 Å². The molecule has 27 heteroatoms. The van der Waals surface area contributed by atoms with Crippen LogP contribution in [0.4, 0.5) is 61.3 Å². The van der Waals surface area contributed by atoms with E-state index in [1.54, 1.807) is 46.8 Å². The summed E-state index contributed by atoms with van der Waals surface area (Å²) in [5.74, 6) is -1.43. The molecule has 10 aromatic rings. The number of ether oxygens (including phenoxy) is 3. The Morgan fingerprint density at radius 3 is 1.62 bits per heavy atom. The Bertz CT molecular complexity index is 5340. The Morgan fingerprint density at radius 2 is 1.12 bits per heavy atom. The van der Waals surface area contributed by atoms with Gasteiger partial charge in [0.1, 0.15) is 16.9 Å². The minimum Gasteiger partial charge on any atom is -0.462 e. The fourth-order valence-electron chi connectivity index (χ4n) is 16.2. The fraction of sp³-hybridized carbons (Fsp3) is 0.346. The Morgan fingerprint density at radius 1 is 0.611 bits per heavy atom. The lowest BCUT2D eigenvalue weighted by Crippen LogP contribution is -2.32. The van der Waals surface area contributed by atoms with Crippen LogP contribution in [-0.2, 0) is 58.2 Å². The topological polar surface area (TPSA) is 152 Å². The fourth-order valence-corrected chi connectivity index (χ4v) is 16.2. The molecule has 2 aliphatic carbocycles. The zero-order valence-corrected chi connectivity index (χ0v) is 59.2. The van der Waals surface area contributed by atoms with Gasteiger partial charge in [-0.25, -0.2) is 9.36 Å². The van der Waals surface area contributed by atoms with Crippen LogP contribution in [0.2, 0.25) is 0 Å². The van der Waals surface area contributed by atoms with Gasteiger partial charge in [0.25, 0.3) is 11.1 Å². The molecule has 2 fully saturated rings. The summed E-state index contributed by atoms with van der Waals surface area (Å²) in [5, 5.41) is 9.23. The van der Waals surface area contributed by atoms with Crippen molar-refractivity contribution in [1.82, 2.24) is 9.05 Å². The molecule has 7 aromatic carbocycles. The SMILES string of the molecule is CCOC(=O)c1c(C)c(/C(=C2\N=C(C)C(C(O)OCC)=C2C)c2c(CC3CCCCC3)cc(OC(=O)Cc3ccc(-n4c(=O)c5cc(-c6cc(C(F)(F)F)cc(C(F)(F)F)c6)c6oc7ccccc7c7c(-c8cc(C(F)(F)F)cc(C(F)(F)F)c8)cc(c4=O)c5c67)cc3)cc2CC2CCCCC2)n(B(F)F)c1C. The van der Waals surface area contributed by atoms with Gasteiger partial charge in [-0.15, -0.1) is 0 Å². The number of aliphatic hydroxyl groups is 1. The quantitative estimate of drug-likeness (QED) is 0.0168. The number of pyridine rings is 1. The molecular formula is C81H70BF14N3O9. The standard InChI is InChI=1S/C81H70BF14N3O9/c1-7-105-76(103)64-40(3)71(97-42(64)5)70(72-41(4)65(77(104)106-8-2)43(6)99(72)82(95)96)66-49(27-44-17-11-9-12-18-44)34-56(35-50(66)28-45-19-13-10-14-20-45)107-63(100)29-46-23-25-55(26-24-46)98-74(101)60-38-58(47-30-51(78(83,84)85)36-52(31-47)79(86,87)88)67-57-21-15-16-22-62(57)108-73-59(39-61(75(98)102)68(60)69(67)73)48-32-53(80(89,90)91)37-54(33-48)81(92,93)94/h15-16,21-26,30-39,44-45,76,103H,7-14,17-20,27-29H2,1-6H3/b71-70-. The van der Waals surface area contributed by atoms with Gasteiger partial charge in [0.15, 0.2) is 6.29 Å². The van der Waals surface area contributed by atoms with Crippen LogP contribution < -0.4 is 15.9 Å². The zero-order valence-electron chi connectivity index (χ0n) is 59.2. The molecule has 1 aliphatic heterocycles. The first-order valence-electron chi connectivity index (χ1n) is 35.4. The highest BCUT2D eigenvalue weighted by Crippen LogP contribution is 2.51. The molecule has 108 heavy (non-hydrogen) atoms. The van der Waals surface area contributed by atoms with E-state index < -0.39 is 134 Å². The number of carbonyl (C=O) groups excluding carboxylic acids is 2. The first-order chi connectivity index (χ1) is 51.0. The number of benzene rings is 7. The summed E-state index contributed by atoms with van der Waals surface area (Å²) in [5.41, 5.74) is -9.91. The normalized spacial score (nSPS) is 16.0. The molecule has 0 amide bonds. The third-order valence-electron chi connectivity index (χ3n) is 21.0. The maximum absolute atomic E-state index is 16.2. The summed E-state index contributed by atoms with van der Waals surface area (Å²) in [6, 6.07) is 16.9.